The van der Waals surface area contributed by atoms with Gasteiger partial charge in [0, 0.05) is 6.08 Å². The first-order chi connectivity index (χ1) is 10.8. The van der Waals surface area contributed by atoms with Gasteiger partial charge in [-0.2, -0.15) is 0 Å². The van der Waals surface area contributed by atoms with Crippen LogP contribution in [0.2, 0.25) is 0 Å². The lowest BCUT2D eigenvalue weighted by Crippen LogP contribution is -2.18. The summed E-state index contributed by atoms with van der Waals surface area (Å²) < 4.78 is 4.91. The van der Waals surface area contributed by atoms with E-state index in [0.717, 1.165) is 5.57 Å². The molecule has 0 aliphatic heterocycles. The van der Waals surface area contributed by atoms with Gasteiger partial charge >= 0.3 is 5.97 Å². The van der Waals surface area contributed by atoms with Crippen molar-refractivity contribution in [2.45, 2.75) is 54.4 Å². The molecule has 23 heavy (non-hydrogen) atoms. The molecule has 0 radical (unpaired) electrons. The van der Waals surface area contributed by atoms with Crippen molar-refractivity contribution in [2.24, 2.45) is 17.8 Å². The maximum Gasteiger partial charge on any atom is 0.330 e. The van der Waals surface area contributed by atoms with Crippen molar-refractivity contribution in [3.8, 4) is 0 Å². The van der Waals surface area contributed by atoms with Crippen LogP contribution < -0.4 is 0 Å². The maximum atomic E-state index is 11.4. The van der Waals surface area contributed by atoms with Crippen molar-refractivity contribution in [1.82, 2.24) is 0 Å². The molecular formula is C21H32O2. The molecule has 0 saturated heterocycles. The van der Waals surface area contributed by atoms with Gasteiger partial charge in [0.2, 0.25) is 0 Å². The Bertz CT molecular complexity index is 518. The second-order valence-corrected chi connectivity index (χ2v) is 6.88. The second-order valence-electron chi connectivity index (χ2n) is 6.88. The average Bonchev–Trinajstić information content (AvgIpc) is 2.46. The SMILES string of the molecule is CCOC(=O)/C=C(C)/C=C/C=C(\C)C1=C[C@H](C)CC[C@H]1C(C)C. The van der Waals surface area contributed by atoms with Crippen molar-refractivity contribution in [3.05, 3.63) is 47.1 Å². The zero-order chi connectivity index (χ0) is 17.4. The molecule has 0 unspecified atom stereocenters. The van der Waals surface area contributed by atoms with Crippen molar-refractivity contribution < 1.29 is 9.53 Å². The van der Waals surface area contributed by atoms with E-state index in [9.17, 15) is 4.79 Å². The number of ether oxygens (including phenoxy) is 1. The van der Waals surface area contributed by atoms with Gasteiger partial charge in [-0.15, -0.1) is 0 Å². The number of hydrogen-bond acceptors (Lipinski definition) is 2. The predicted molar refractivity (Wildman–Crippen MR) is 98.1 cm³/mol. The Morgan fingerprint density at radius 1 is 1.35 bits per heavy atom. The van der Waals surface area contributed by atoms with Gasteiger partial charge in [-0.05, 0) is 68.1 Å². The average molecular weight is 316 g/mol. The number of carbonyl (C=O) groups excluding carboxylic acids is 1. The van der Waals surface area contributed by atoms with Crippen LogP contribution in [0.1, 0.15) is 54.4 Å². The fraction of sp³-hybridized carbons (Fsp3) is 0.571. The van der Waals surface area contributed by atoms with Gasteiger partial charge in [-0.3, -0.25) is 0 Å². The molecule has 0 N–H and O–H groups in total. The van der Waals surface area contributed by atoms with Crippen molar-refractivity contribution >= 4 is 5.97 Å². The van der Waals surface area contributed by atoms with Crippen LogP contribution in [0, 0.1) is 17.8 Å². The van der Waals surface area contributed by atoms with Crippen molar-refractivity contribution in [1.29, 1.82) is 0 Å². The van der Waals surface area contributed by atoms with Gasteiger partial charge in [-0.25, -0.2) is 4.79 Å². The molecule has 2 atom stereocenters. The van der Waals surface area contributed by atoms with E-state index in [4.69, 9.17) is 4.74 Å². The molecular weight excluding hydrogens is 284 g/mol. The molecule has 128 valence electrons. The Morgan fingerprint density at radius 3 is 2.65 bits per heavy atom. The van der Waals surface area contributed by atoms with E-state index in [2.05, 4.69) is 39.8 Å². The summed E-state index contributed by atoms with van der Waals surface area (Å²) >= 11 is 0. The summed E-state index contributed by atoms with van der Waals surface area (Å²) in [5.41, 5.74) is 3.73. The molecule has 1 aliphatic carbocycles. The van der Waals surface area contributed by atoms with E-state index in [1.807, 2.05) is 26.0 Å². The molecule has 2 heteroatoms. The van der Waals surface area contributed by atoms with Gasteiger partial charge in [0.25, 0.3) is 0 Å². The molecule has 0 spiro atoms. The Kier molecular flexibility index (Phi) is 8.08. The minimum atomic E-state index is -0.279. The minimum Gasteiger partial charge on any atom is -0.463 e. The minimum absolute atomic E-state index is 0.279. The van der Waals surface area contributed by atoms with Gasteiger partial charge in [0.1, 0.15) is 0 Å². The first-order valence-electron chi connectivity index (χ1n) is 8.77. The Morgan fingerprint density at radius 2 is 2.04 bits per heavy atom. The predicted octanol–water partition coefficient (Wildman–Crippen LogP) is 5.63. The molecule has 0 fully saturated rings. The monoisotopic (exact) mass is 316 g/mol. The largest absolute Gasteiger partial charge is 0.463 e. The zero-order valence-electron chi connectivity index (χ0n) is 15.6. The number of rotatable bonds is 6. The van der Waals surface area contributed by atoms with Gasteiger partial charge in [0.05, 0.1) is 6.61 Å². The lowest BCUT2D eigenvalue weighted by atomic mass is 9.75. The molecule has 0 aromatic heterocycles. The van der Waals surface area contributed by atoms with Gasteiger partial charge in [0.15, 0.2) is 0 Å². The molecule has 0 aromatic carbocycles. The summed E-state index contributed by atoms with van der Waals surface area (Å²) in [6, 6.07) is 0. The highest BCUT2D eigenvalue weighted by atomic mass is 16.5. The van der Waals surface area contributed by atoms with E-state index >= 15 is 0 Å². The van der Waals surface area contributed by atoms with Crippen LogP contribution in [0.25, 0.3) is 0 Å². The maximum absolute atomic E-state index is 11.4. The van der Waals surface area contributed by atoms with E-state index in [1.54, 1.807) is 0 Å². The van der Waals surface area contributed by atoms with E-state index < -0.39 is 0 Å². The Labute approximate surface area is 142 Å². The number of allylic oxidation sites excluding steroid dienone is 7. The highest BCUT2D eigenvalue weighted by Crippen LogP contribution is 2.37. The highest BCUT2D eigenvalue weighted by molar-refractivity contribution is 5.83. The van der Waals surface area contributed by atoms with Gasteiger partial charge in [-0.1, -0.05) is 45.1 Å². The van der Waals surface area contributed by atoms with Crippen LogP contribution in [0.3, 0.4) is 0 Å². The standard InChI is InChI=1S/C21H32O2/c1-7-23-21(22)14-16(4)9-8-10-18(6)20-13-17(5)11-12-19(20)15(2)3/h8-10,13-15,17,19H,7,11-12H2,1-6H3/b9-8+,16-14+,18-10+/t17-,19+/m1/s1. The Balaban J connectivity index is 2.82. The van der Waals surface area contributed by atoms with Gasteiger partial charge < -0.3 is 4.74 Å². The molecule has 0 aromatic rings. The summed E-state index contributed by atoms with van der Waals surface area (Å²) in [6.07, 6.45) is 12.7. The topological polar surface area (TPSA) is 26.3 Å². The third kappa shape index (κ3) is 6.60. The highest BCUT2D eigenvalue weighted by Gasteiger charge is 2.24. The van der Waals surface area contributed by atoms with E-state index in [0.29, 0.717) is 24.4 Å². The van der Waals surface area contributed by atoms with Crippen molar-refractivity contribution in [3.63, 3.8) is 0 Å². The molecule has 0 heterocycles. The third-order valence-electron chi connectivity index (χ3n) is 4.39. The molecule has 0 bridgehead atoms. The summed E-state index contributed by atoms with van der Waals surface area (Å²) in [4.78, 5) is 11.4. The third-order valence-corrected chi connectivity index (χ3v) is 4.39. The summed E-state index contributed by atoms with van der Waals surface area (Å²) in [7, 11) is 0. The van der Waals surface area contributed by atoms with Crippen LogP contribution in [0.4, 0.5) is 0 Å². The zero-order valence-corrected chi connectivity index (χ0v) is 15.6. The summed E-state index contributed by atoms with van der Waals surface area (Å²) in [5, 5.41) is 0. The lowest BCUT2D eigenvalue weighted by Gasteiger charge is -2.31. The van der Waals surface area contributed by atoms with Crippen LogP contribution in [0.5, 0.6) is 0 Å². The fourth-order valence-corrected chi connectivity index (χ4v) is 3.09. The first kappa shape index (κ1) is 19.5. The molecule has 2 nitrogen and oxygen atoms in total. The molecule has 0 saturated carbocycles. The van der Waals surface area contributed by atoms with Crippen LogP contribution >= 0.6 is 0 Å². The first-order valence-corrected chi connectivity index (χ1v) is 8.77. The lowest BCUT2D eigenvalue weighted by molar-refractivity contribution is -0.137. The quantitative estimate of drug-likeness (QED) is 0.361. The normalized spacial score (nSPS) is 23.3. The number of hydrogen-bond donors (Lipinski definition) is 0. The molecule has 1 aliphatic rings. The molecule has 0 amide bonds. The second kappa shape index (κ2) is 9.54. The fourth-order valence-electron chi connectivity index (χ4n) is 3.09. The number of carbonyl (C=O) groups is 1. The van der Waals surface area contributed by atoms with E-state index in [-0.39, 0.29) is 5.97 Å². The van der Waals surface area contributed by atoms with Crippen molar-refractivity contribution in [2.75, 3.05) is 6.61 Å². The Hall–Kier alpha value is -1.57. The molecule has 1 rings (SSSR count). The van der Waals surface area contributed by atoms with Crippen LogP contribution in [-0.2, 0) is 9.53 Å². The summed E-state index contributed by atoms with van der Waals surface area (Å²) in [6.45, 7) is 13.2. The number of esters is 1. The van der Waals surface area contributed by atoms with Crippen LogP contribution in [-0.4, -0.2) is 12.6 Å². The van der Waals surface area contributed by atoms with E-state index in [1.165, 1.54) is 30.1 Å². The van der Waals surface area contributed by atoms with Crippen LogP contribution in [0.15, 0.2) is 47.1 Å². The smallest absolute Gasteiger partial charge is 0.330 e. The summed E-state index contributed by atoms with van der Waals surface area (Å²) in [5.74, 6) is 1.72.